The third kappa shape index (κ3) is 5.96. The van der Waals surface area contributed by atoms with E-state index in [0.717, 1.165) is 23.5 Å². The molecule has 1 aromatic heterocycles. The van der Waals surface area contributed by atoms with Gasteiger partial charge < -0.3 is 14.8 Å². The summed E-state index contributed by atoms with van der Waals surface area (Å²) in [5.41, 5.74) is 2.54. The van der Waals surface area contributed by atoms with Gasteiger partial charge in [-0.05, 0) is 23.8 Å². The van der Waals surface area contributed by atoms with Crippen molar-refractivity contribution >= 4 is 33.3 Å². The van der Waals surface area contributed by atoms with Crippen LogP contribution in [0, 0.1) is 0 Å². The molecule has 0 aliphatic rings. The van der Waals surface area contributed by atoms with Gasteiger partial charge in [0.15, 0.2) is 5.96 Å². The molecule has 0 amide bonds. The number of sulfonamides is 1. The van der Waals surface area contributed by atoms with Crippen LogP contribution < -0.4 is 10.0 Å². The lowest BCUT2D eigenvalue weighted by Gasteiger charge is -2.22. The fraction of sp³-hybridized carbons (Fsp3) is 0.353. The Bertz CT molecular complexity index is 892. The Morgan fingerprint density at radius 2 is 2.08 bits per heavy atom. The van der Waals surface area contributed by atoms with Gasteiger partial charge in [-0.3, -0.25) is 9.71 Å². The van der Waals surface area contributed by atoms with E-state index in [2.05, 4.69) is 15.0 Å². The highest BCUT2D eigenvalue weighted by Crippen LogP contribution is 2.15. The molecule has 1 heterocycles. The summed E-state index contributed by atoms with van der Waals surface area (Å²) in [6, 6.07) is 9.16. The van der Waals surface area contributed by atoms with Crippen LogP contribution in [0.4, 0.5) is 5.69 Å². The van der Waals surface area contributed by atoms with E-state index in [1.165, 1.54) is 0 Å². The van der Waals surface area contributed by atoms with Crippen LogP contribution in [0.1, 0.15) is 11.3 Å². The van der Waals surface area contributed by atoms with Crippen molar-refractivity contribution in [1.29, 1.82) is 0 Å². The lowest BCUT2D eigenvalue weighted by atomic mass is 10.2. The van der Waals surface area contributed by atoms with Gasteiger partial charge in [0, 0.05) is 45.3 Å². The number of aliphatic imine (C=N–C) groups is 1. The Morgan fingerprint density at radius 1 is 1.35 bits per heavy atom. The highest BCUT2D eigenvalue weighted by atomic mass is 35.5. The zero-order valence-electron chi connectivity index (χ0n) is 15.3. The first-order valence-electron chi connectivity index (χ1n) is 7.97. The van der Waals surface area contributed by atoms with Crippen molar-refractivity contribution in [3.63, 3.8) is 0 Å². The Labute approximate surface area is 159 Å². The molecule has 0 unspecified atom stereocenters. The number of aryl methyl sites for hydroxylation is 1. The fourth-order valence-electron chi connectivity index (χ4n) is 2.57. The number of guanidine groups is 1. The number of nitrogens with zero attached hydrogens (tertiary/aromatic N) is 3. The van der Waals surface area contributed by atoms with E-state index in [1.807, 2.05) is 48.0 Å². The highest BCUT2D eigenvalue weighted by Gasteiger charge is 2.10. The molecule has 7 nitrogen and oxygen atoms in total. The standard InChI is InChI=1S/C17H24ClN5O2S/c1-19-17(23(3)12-16-9-14(18)11-22(16)2)20-10-13-6-5-7-15(8-13)21-26(4,24)25/h5-9,11,21H,10,12H2,1-4H3,(H,19,20). The van der Waals surface area contributed by atoms with Crippen molar-refractivity contribution in [2.75, 3.05) is 25.1 Å². The van der Waals surface area contributed by atoms with E-state index >= 15 is 0 Å². The van der Waals surface area contributed by atoms with Gasteiger partial charge in [0.2, 0.25) is 10.0 Å². The van der Waals surface area contributed by atoms with Gasteiger partial charge in [-0.2, -0.15) is 0 Å². The van der Waals surface area contributed by atoms with Crippen molar-refractivity contribution in [1.82, 2.24) is 14.8 Å². The summed E-state index contributed by atoms with van der Waals surface area (Å²) in [5.74, 6) is 0.726. The minimum atomic E-state index is -3.30. The molecular formula is C17H24ClN5O2S. The fourth-order valence-corrected chi connectivity index (χ4v) is 3.39. The van der Waals surface area contributed by atoms with Gasteiger partial charge in [0.1, 0.15) is 0 Å². The third-order valence-corrected chi connectivity index (χ3v) is 4.54. The first-order chi connectivity index (χ1) is 12.2. The maximum atomic E-state index is 11.4. The predicted molar refractivity (Wildman–Crippen MR) is 107 cm³/mol. The maximum Gasteiger partial charge on any atom is 0.229 e. The first kappa shape index (κ1) is 20.1. The molecule has 0 atom stereocenters. The number of aromatic nitrogens is 1. The molecule has 0 aliphatic carbocycles. The van der Waals surface area contributed by atoms with E-state index in [4.69, 9.17) is 11.6 Å². The van der Waals surface area contributed by atoms with Gasteiger partial charge >= 0.3 is 0 Å². The van der Waals surface area contributed by atoms with Crippen molar-refractivity contribution in [2.24, 2.45) is 12.0 Å². The number of hydrogen-bond acceptors (Lipinski definition) is 3. The molecule has 0 bridgehead atoms. The van der Waals surface area contributed by atoms with Crippen LogP contribution in [0.3, 0.4) is 0 Å². The second-order valence-corrected chi connectivity index (χ2v) is 8.28. The van der Waals surface area contributed by atoms with Crippen molar-refractivity contribution in [3.05, 3.63) is 52.8 Å². The Kier molecular flexibility index (Phi) is 6.55. The molecule has 0 saturated heterocycles. The van der Waals surface area contributed by atoms with Gasteiger partial charge in [-0.15, -0.1) is 0 Å². The molecular weight excluding hydrogens is 374 g/mol. The SMILES string of the molecule is CN=C(NCc1cccc(NS(C)(=O)=O)c1)N(C)Cc1cc(Cl)cn1C. The molecule has 2 aromatic rings. The van der Waals surface area contributed by atoms with Gasteiger partial charge in [-0.1, -0.05) is 23.7 Å². The quantitative estimate of drug-likeness (QED) is 0.579. The molecule has 26 heavy (non-hydrogen) atoms. The molecule has 0 saturated carbocycles. The highest BCUT2D eigenvalue weighted by molar-refractivity contribution is 7.92. The number of anilines is 1. The van der Waals surface area contributed by atoms with Gasteiger partial charge in [0.25, 0.3) is 0 Å². The Morgan fingerprint density at radius 3 is 2.65 bits per heavy atom. The molecule has 0 fully saturated rings. The molecule has 0 radical (unpaired) electrons. The maximum absolute atomic E-state index is 11.4. The summed E-state index contributed by atoms with van der Waals surface area (Å²) in [6.45, 7) is 1.17. The van der Waals surface area contributed by atoms with Gasteiger partial charge in [0.05, 0.1) is 17.8 Å². The topological polar surface area (TPSA) is 78.7 Å². The lowest BCUT2D eigenvalue weighted by molar-refractivity contribution is 0.462. The lowest BCUT2D eigenvalue weighted by Crippen LogP contribution is -2.38. The van der Waals surface area contributed by atoms with E-state index in [9.17, 15) is 8.42 Å². The summed E-state index contributed by atoms with van der Waals surface area (Å²) < 4.78 is 27.2. The van der Waals surface area contributed by atoms with Crippen LogP contribution in [0.15, 0.2) is 41.5 Å². The van der Waals surface area contributed by atoms with Crippen molar-refractivity contribution in [3.8, 4) is 0 Å². The number of hydrogen-bond donors (Lipinski definition) is 2. The minimum Gasteiger partial charge on any atom is -0.352 e. The molecule has 9 heteroatoms. The zero-order chi connectivity index (χ0) is 19.3. The average Bonchev–Trinajstić information content (AvgIpc) is 2.84. The number of halogens is 1. The number of nitrogens with one attached hydrogen (secondary N) is 2. The summed E-state index contributed by atoms with van der Waals surface area (Å²) in [7, 11) is 2.32. The van der Waals surface area contributed by atoms with Crippen LogP contribution in [-0.2, 0) is 30.2 Å². The molecule has 142 valence electrons. The van der Waals surface area contributed by atoms with Crippen LogP contribution in [0.25, 0.3) is 0 Å². The van der Waals surface area contributed by atoms with E-state index < -0.39 is 10.0 Å². The average molecular weight is 398 g/mol. The molecule has 0 spiro atoms. The second kappa shape index (κ2) is 8.46. The van der Waals surface area contributed by atoms with Crippen molar-refractivity contribution < 1.29 is 8.42 Å². The summed E-state index contributed by atoms with van der Waals surface area (Å²) in [6.07, 6.45) is 2.99. The predicted octanol–water partition coefficient (Wildman–Crippen LogP) is 2.26. The first-order valence-corrected chi connectivity index (χ1v) is 10.2. The minimum absolute atomic E-state index is 0.518. The molecule has 2 rings (SSSR count). The van der Waals surface area contributed by atoms with Crippen LogP contribution >= 0.6 is 11.6 Å². The number of rotatable bonds is 6. The molecule has 2 N–H and O–H groups in total. The summed E-state index contributed by atoms with van der Waals surface area (Å²) in [5, 5.41) is 3.98. The largest absolute Gasteiger partial charge is 0.352 e. The van der Waals surface area contributed by atoms with E-state index in [0.29, 0.717) is 23.8 Å². The summed E-state index contributed by atoms with van der Waals surface area (Å²) in [4.78, 5) is 6.29. The van der Waals surface area contributed by atoms with E-state index in [1.54, 1.807) is 19.2 Å². The molecule has 0 aliphatic heterocycles. The van der Waals surface area contributed by atoms with Crippen LogP contribution in [0.5, 0.6) is 0 Å². The molecule has 1 aromatic carbocycles. The monoisotopic (exact) mass is 397 g/mol. The number of benzene rings is 1. The second-order valence-electron chi connectivity index (χ2n) is 6.09. The van der Waals surface area contributed by atoms with Crippen molar-refractivity contribution in [2.45, 2.75) is 13.1 Å². The zero-order valence-corrected chi connectivity index (χ0v) is 16.9. The van der Waals surface area contributed by atoms with Gasteiger partial charge in [-0.25, -0.2) is 8.42 Å². The Balaban J connectivity index is 2.00. The van der Waals surface area contributed by atoms with E-state index in [-0.39, 0.29) is 0 Å². The van der Waals surface area contributed by atoms with Crippen LogP contribution in [0.2, 0.25) is 5.02 Å². The van der Waals surface area contributed by atoms with Crippen LogP contribution in [-0.4, -0.2) is 44.2 Å². The smallest absolute Gasteiger partial charge is 0.229 e. The Hall–Kier alpha value is -2.19. The third-order valence-electron chi connectivity index (χ3n) is 3.73. The summed E-state index contributed by atoms with van der Waals surface area (Å²) >= 11 is 6.03. The normalized spacial score (nSPS) is 12.1.